The summed E-state index contributed by atoms with van der Waals surface area (Å²) in [5.41, 5.74) is 5.04. The molecule has 0 aliphatic rings. The maximum atomic E-state index is 13.5. The van der Waals surface area contributed by atoms with Gasteiger partial charge in [-0.05, 0) is 12.1 Å². The number of non-ortho nitro benzene ring substituents is 1. The number of anilines is 1. The Hall–Kier alpha value is -3.69. The van der Waals surface area contributed by atoms with Crippen LogP contribution < -0.4 is 10.5 Å². The Kier molecular flexibility index (Phi) is 5.61. The van der Waals surface area contributed by atoms with Crippen LogP contribution >= 0.6 is 0 Å². The van der Waals surface area contributed by atoms with E-state index in [-0.39, 0.29) is 23.1 Å². The van der Waals surface area contributed by atoms with Gasteiger partial charge in [0, 0.05) is 24.5 Å². The molecule has 9 nitrogen and oxygen atoms in total. The maximum Gasteiger partial charge on any atom is 0.272 e. The van der Waals surface area contributed by atoms with E-state index in [2.05, 4.69) is 19.9 Å². The summed E-state index contributed by atoms with van der Waals surface area (Å²) in [5.74, 6) is -0.822. The lowest BCUT2D eigenvalue weighted by atomic mass is 10.3. The highest BCUT2D eigenvalue weighted by Gasteiger charge is 2.12. The van der Waals surface area contributed by atoms with Crippen molar-refractivity contribution in [3.05, 3.63) is 71.3 Å². The SMILES string of the molecule is Nc1cc(Oc2ccc([N+](=O)[O-])cc2F)ncn1.c1cncnc1. The molecule has 2 aromatic heterocycles. The third-order valence-electron chi connectivity index (χ3n) is 2.48. The molecule has 0 saturated carbocycles. The van der Waals surface area contributed by atoms with Gasteiger partial charge in [-0.3, -0.25) is 10.1 Å². The molecule has 0 aliphatic carbocycles. The number of aromatic nitrogens is 4. The Bertz CT molecular complexity index is 792. The molecule has 0 bridgehead atoms. The van der Waals surface area contributed by atoms with Gasteiger partial charge in [0.1, 0.15) is 18.5 Å². The lowest BCUT2D eigenvalue weighted by molar-refractivity contribution is -0.385. The first-order chi connectivity index (χ1) is 11.6. The van der Waals surface area contributed by atoms with E-state index in [1.165, 1.54) is 12.4 Å². The summed E-state index contributed by atoms with van der Waals surface area (Å²) in [4.78, 5) is 24.4. The molecule has 122 valence electrons. The predicted octanol–water partition coefficient (Wildman–Crippen LogP) is 2.38. The van der Waals surface area contributed by atoms with E-state index in [0.29, 0.717) is 0 Å². The molecule has 3 aromatic rings. The van der Waals surface area contributed by atoms with Crippen LogP contribution in [0.3, 0.4) is 0 Å². The second kappa shape index (κ2) is 8.08. The number of nitrogens with two attached hydrogens (primary N) is 1. The molecule has 2 heterocycles. The molecule has 1 aromatic carbocycles. The largest absolute Gasteiger partial charge is 0.436 e. The Morgan fingerprint density at radius 1 is 1.12 bits per heavy atom. The molecule has 0 saturated heterocycles. The Morgan fingerprint density at radius 2 is 1.88 bits per heavy atom. The van der Waals surface area contributed by atoms with Gasteiger partial charge in [-0.25, -0.2) is 24.3 Å². The Morgan fingerprint density at radius 3 is 2.38 bits per heavy atom. The van der Waals surface area contributed by atoms with E-state index in [1.54, 1.807) is 18.5 Å². The number of hydrogen-bond acceptors (Lipinski definition) is 8. The van der Waals surface area contributed by atoms with Gasteiger partial charge in [0.15, 0.2) is 11.6 Å². The number of nitrogen functional groups attached to an aromatic ring is 1. The smallest absolute Gasteiger partial charge is 0.272 e. The zero-order chi connectivity index (χ0) is 17.4. The quantitative estimate of drug-likeness (QED) is 0.572. The number of halogens is 1. The number of nitro benzene ring substituents is 1. The van der Waals surface area contributed by atoms with Crippen LogP contribution in [0.4, 0.5) is 15.9 Å². The molecule has 0 atom stereocenters. The highest BCUT2D eigenvalue weighted by Crippen LogP contribution is 2.26. The number of benzene rings is 1. The second-order valence-corrected chi connectivity index (χ2v) is 4.16. The fourth-order valence-electron chi connectivity index (χ4n) is 1.46. The van der Waals surface area contributed by atoms with Crippen molar-refractivity contribution >= 4 is 11.5 Å². The van der Waals surface area contributed by atoms with E-state index in [0.717, 1.165) is 24.5 Å². The molecule has 0 aliphatic heterocycles. The van der Waals surface area contributed by atoms with Gasteiger partial charge in [-0.15, -0.1) is 0 Å². The molecule has 0 amide bonds. The summed E-state index contributed by atoms with van der Waals surface area (Å²) in [6.07, 6.45) is 6.04. The van der Waals surface area contributed by atoms with Crippen LogP contribution in [0.1, 0.15) is 0 Å². The second-order valence-electron chi connectivity index (χ2n) is 4.16. The van der Waals surface area contributed by atoms with Crippen molar-refractivity contribution in [1.82, 2.24) is 19.9 Å². The molecule has 0 fully saturated rings. The molecule has 24 heavy (non-hydrogen) atoms. The zero-order valence-electron chi connectivity index (χ0n) is 12.1. The predicted molar refractivity (Wildman–Crippen MR) is 81.6 cm³/mol. The highest BCUT2D eigenvalue weighted by molar-refractivity contribution is 5.40. The first-order valence-electron chi connectivity index (χ1n) is 6.45. The number of nitro groups is 1. The third-order valence-corrected chi connectivity index (χ3v) is 2.48. The molecule has 0 radical (unpaired) electrons. The normalized spacial score (nSPS) is 9.54. The van der Waals surface area contributed by atoms with Crippen LogP contribution in [0, 0.1) is 15.9 Å². The van der Waals surface area contributed by atoms with Crippen LogP contribution in [0.25, 0.3) is 0 Å². The summed E-state index contributed by atoms with van der Waals surface area (Å²) in [6.45, 7) is 0. The molecule has 0 unspecified atom stereocenters. The number of ether oxygens (including phenoxy) is 1. The van der Waals surface area contributed by atoms with Crippen LogP contribution in [-0.4, -0.2) is 24.9 Å². The summed E-state index contributed by atoms with van der Waals surface area (Å²) in [5, 5.41) is 10.4. The van der Waals surface area contributed by atoms with E-state index < -0.39 is 10.7 Å². The highest BCUT2D eigenvalue weighted by atomic mass is 19.1. The molecule has 3 rings (SSSR count). The van der Waals surface area contributed by atoms with E-state index in [1.807, 2.05) is 0 Å². The Labute approximate surface area is 135 Å². The van der Waals surface area contributed by atoms with Gasteiger partial charge in [0.25, 0.3) is 5.69 Å². The van der Waals surface area contributed by atoms with Gasteiger partial charge < -0.3 is 10.5 Å². The van der Waals surface area contributed by atoms with Crippen molar-refractivity contribution < 1.29 is 14.1 Å². The van der Waals surface area contributed by atoms with E-state index >= 15 is 0 Å². The van der Waals surface area contributed by atoms with Crippen LogP contribution in [0.5, 0.6) is 11.6 Å². The summed E-state index contributed by atoms with van der Waals surface area (Å²) >= 11 is 0. The van der Waals surface area contributed by atoms with Gasteiger partial charge >= 0.3 is 0 Å². The van der Waals surface area contributed by atoms with E-state index in [9.17, 15) is 14.5 Å². The van der Waals surface area contributed by atoms with Crippen molar-refractivity contribution in [3.63, 3.8) is 0 Å². The molecular formula is C14H11FN6O3. The molecular weight excluding hydrogens is 319 g/mol. The lowest BCUT2D eigenvalue weighted by Gasteiger charge is -2.05. The van der Waals surface area contributed by atoms with Gasteiger partial charge in [-0.2, -0.15) is 0 Å². The van der Waals surface area contributed by atoms with Gasteiger partial charge in [0.05, 0.1) is 11.0 Å². The third kappa shape index (κ3) is 4.94. The minimum absolute atomic E-state index is 0.0512. The van der Waals surface area contributed by atoms with Crippen molar-refractivity contribution in [3.8, 4) is 11.6 Å². The minimum atomic E-state index is -0.860. The van der Waals surface area contributed by atoms with Gasteiger partial charge in [0.2, 0.25) is 5.88 Å². The average Bonchev–Trinajstić information content (AvgIpc) is 2.59. The molecule has 0 spiro atoms. The molecule has 2 N–H and O–H groups in total. The van der Waals surface area contributed by atoms with Crippen molar-refractivity contribution in [2.75, 3.05) is 5.73 Å². The van der Waals surface area contributed by atoms with Crippen LogP contribution in [-0.2, 0) is 0 Å². The lowest BCUT2D eigenvalue weighted by Crippen LogP contribution is -1.96. The zero-order valence-corrected chi connectivity index (χ0v) is 12.1. The summed E-state index contributed by atoms with van der Waals surface area (Å²) in [7, 11) is 0. The topological polar surface area (TPSA) is 130 Å². The number of rotatable bonds is 3. The summed E-state index contributed by atoms with van der Waals surface area (Å²) in [6, 6.07) is 6.12. The maximum absolute atomic E-state index is 13.5. The Balaban J connectivity index is 0.000000292. The summed E-state index contributed by atoms with van der Waals surface area (Å²) < 4.78 is 18.6. The number of hydrogen-bond donors (Lipinski definition) is 1. The van der Waals surface area contributed by atoms with Crippen molar-refractivity contribution in [1.29, 1.82) is 0 Å². The van der Waals surface area contributed by atoms with Crippen LogP contribution in [0.2, 0.25) is 0 Å². The fourth-order valence-corrected chi connectivity index (χ4v) is 1.46. The first kappa shape index (κ1) is 16.7. The molecule has 10 heteroatoms. The first-order valence-corrected chi connectivity index (χ1v) is 6.45. The fraction of sp³-hybridized carbons (Fsp3) is 0. The number of nitrogens with zero attached hydrogens (tertiary/aromatic N) is 5. The monoisotopic (exact) mass is 330 g/mol. The van der Waals surface area contributed by atoms with Crippen LogP contribution in [0.15, 0.2) is 55.4 Å². The standard InChI is InChI=1S/C10H7FN4O3.C4H4N2/c11-7-3-6(15(16)17)1-2-8(7)18-10-4-9(12)13-5-14-10;1-2-5-4-6-3-1/h1-5H,(H2,12,13,14);1-4H. The van der Waals surface area contributed by atoms with Crippen molar-refractivity contribution in [2.24, 2.45) is 0 Å². The average molecular weight is 330 g/mol. The van der Waals surface area contributed by atoms with Gasteiger partial charge in [-0.1, -0.05) is 0 Å². The van der Waals surface area contributed by atoms with Crippen molar-refractivity contribution in [2.45, 2.75) is 0 Å². The minimum Gasteiger partial charge on any atom is -0.436 e. The van der Waals surface area contributed by atoms with E-state index in [4.69, 9.17) is 10.5 Å².